The van der Waals surface area contributed by atoms with E-state index in [-0.39, 0.29) is 5.82 Å². The highest BCUT2D eigenvalue weighted by molar-refractivity contribution is 5.19. The van der Waals surface area contributed by atoms with Crippen LogP contribution in [-0.4, -0.2) is 30.6 Å². The molecule has 2 rings (SSSR count). The predicted octanol–water partition coefficient (Wildman–Crippen LogP) is 1.90. The smallest absolute Gasteiger partial charge is 0.127 e. The lowest BCUT2D eigenvalue weighted by molar-refractivity contribution is 0.194. The summed E-state index contributed by atoms with van der Waals surface area (Å²) in [5.74, 6) is -0.217. The van der Waals surface area contributed by atoms with Crippen molar-refractivity contribution in [3.05, 3.63) is 35.6 Å². The minimum Gasteiger partial charge on any atom is -0.306 e. The van der Waals surface area contributed by atoms with Crippen LogP contribution in [0.25, 0.3) is 0 Å². The quantitative estimate of drug-likeness (QED) is 0.886. The van der Waals surface area contributed by atoms with E-state index in [1.807, 2.05) is 6.07 Å². The molecule has 1 aliphatic heterocycles. The minimum absolute atomic E-state index is 0.217. The monoisotopic (exact) mass is 247 g/mol. The van der Waals surface area contributed by atoms with E-state index < -0.39 is 5.54 Å². The second-order valence-corrected chi connectivity index (χ2v) is 4.94. The van der Waals surface area contributed by atoms with Gasteiger partial charge in [-0.05, 0) is 26.0 Å². The summed E-state index contributed by atoms with van der Waals surface area (Å²) in [5.41, 5.74) is 0.112. The van der Waals surface area contributed by atoms with Crippen molar-refractivity contribution < 1.29 is 4.39 Å². The van der Waals surface area contributed by atoms with Crippen LogP contribution in [0.15, 0.2) is 24.3 Å². The Morgan fingerprint density at radius 1 is 1.39 bits per heavy atom. The standard InChI is InChI=1S/C14H18FN3/c1-18-8-6-14(11-16,7-9-18)17-10-12-4-2-3-5-13(12)15/h2-5,17H,6-10H2,1H3. The number of nitriles is 1. The lowest BCUT2D eigenvalue weighted by Crippen LogP contribution is -2.51. The molecule has 0 saturated carbocycles. The molecule has 96 valence electrons. The van der Waals surface area contributed by atoms with E-state index in [0.717, 1.165) is 25.9 Å². The molecule has 1 heterocycles. The van der Waals surface area contributed by atoms with Crippen molar-refractivity contribution in [3.63, 3.8) is 0 Å². The van der Waals surface area contributed by atoms with Crippen molar-refractivity contribution >= 4 is 0 Å². The zero-order valence-electron chi connectivity index (χ0n) is 10.6. The maximum Gasteiger partial charge on any atom is 0.127 e. The van der Waals surface area contributed by atoms with E-state index in [9.17, 15) is 9.65 Å². The number of nitrogens with one attached hydrogen (secondary N) is 1. The molecule has 4 heteroatoms. The first-order valence-corrected chi connectivity index (χ1v) is 6.23. The van der Waals surface area contributed by atoms with Gasteiger partial charge in [-0.25, -0.2) is 4.39 Å². The number of benzene rings is 1. The van der Waals surface area contributed by atoms with Gasteiger partial charge in [0.2, 0.25) is 0 Å². The fourth-order valence-corrected chi connectivity index (χ4v) is 2.23. The molecule has 0 aromatic heterocycles. The SMILES string of the molecule is CN1CCC(C#N)(NCc2ccccc2F)CC1. The zero-order chi connectivity index (χ0) is 13.0. The first kappa shape index (κ1) is 13.0. The summed E-state index contributed by atoms with van der Waals surface area (Å²) in [6.45, 7) is 2.21. The van der Waals surface area contributed by atoms with Crippen molar-refractivity contribution in [2.45, 2.75) is 24.9 Å². The first-order valence-electron chi connectivity index (χ1n) is 6.23. The van der Waals surface area contributed by atoms with Gasteiger partial charge in [0.1, 0.15) is 11.4 Å². The predicted molar refractivity (Wildman–Crippen MR) is 68.3 cm³/mol. The molecule has 0 aliphatic carbocycles. The molecular weight excluding hydrogens is 229 g/mol. The Bertz CT molecular complexity index is 445. The van der Waals surface area contributed by atoms with E-state index >= 15 is 0 Å². The summed E-state index contributed by atoms with van der Waals surface area (Å²) in [5, 5.41) is 12.6. The first-order chi connectivity index (χ1) is 8.65. The van der Waals surface area contributed by atoms with Crippen molar-refractivity contribution in [1.82, 2.24) is 10.2 Å². The number of halogens is 1. The Kier molecular flexibility index (Phi) is 3.95. The lowest BCUT2D eigenvalue weighted by atomic mass is 9.89. The van der Waals surface area contributed by atoms with Gasteiger partial charge < -0.3 is 4.90 Å². The van der Waals surface area contributed by atoms with Gasteiger partial charge in [0.15, 0.2) is 0 Å². The Hall–Kier alpha value is -1.44. The molecule has 1 fully saturated rings. The molecule has 18 heavy (non-hydrogen) atoms. The highest BCUT2D eigenvalue weighted by atomic mass is 19.1. The third-order valence-corrected chi connectivity index (χ3v) is 3.63. The third kappa shape index (κ3) is 2.87. The Balaban J connectivity index is 2.00. The van der Waals surface area contributed by atoms with Crippen molar-refractivity contribution in [3.8, 4) is 6.07 Å². The van der Waals surface area contributed by atoms with E-state index in [1.165, 1.54) is 6.07 Å². The van der Waals surface area contributed by atoms with Crippen molar-refractivity contribution in [2.75, 3.05) is 20.1 Å². The summed E-state index contributed by atoms with van der Waals surface area (Å²) in [6.07, 6.45) is 1.57. The number of likely N-dealkylation sites (tertiary alicyclic amines) is 1. The summed E-state index contributed by atoms with van der Waals surface area (Å²) in [7, 11) is 2.05. The molecule has 1 aliphatic rings. The summed E-state index contributed by atoms with van der Waals surface area (Å²) in [6, 6.07) is 9.06. The van der Waals surface area contributed by atoms with E-state index in [2.05, 4.69) is 23.3 Å². The number of piperidine rings is 1. The van der Waals surface area contributed by atoms with Gasteiger partial charge in [-0.2, -0.15) is 5.26 Å². The fraction of sp³-hybridized carbons (Fsp3) is 0.500. The molecule has 1 N–H and O–H groups in total. The molecule has 3 nitrogen and oxygen atoms in total. The molecule has 0 radical (unpaired) electrons. The van der Waals surface area contributed by atoms with E-state index in [1.54, 1.807) is 12.1 Å². The van der Waals surface area contributed by atoms with Crippen LogP contribution in [0.5, 0.6) is 0 Å². The minimum atomic E-state index is -0.505. The van der Waals surface area contributed by atoms with Gasteiger partial charge in [0.05, 0.1) is 6.07 Å². The largest absolute Gasteiger partial charge is 0.306 e. The topological polar surface area (TPSA) is 39.1 Å². The summed E-state index contributed by atoms with van der Waals surface area (Å²) < 4.78 is 13.5. The maximum atomic E-state index is 13.5. The Morgan fingerprint density at radius 3 is 2.67 bits per heavy atom. The average Bonchev–Trinajstić information content (AvgIpc) is 2.40. The Morgan fingerprint density at radius 2 is 2.06 bits per heavy atom. The number of hydrogen-bond donors (Lipinski definition) is 1. The molecule has 1 aromatic carbocycles. The summed E-state index contributed by atoms with van der Waals surface area (Å²) in [4.78, 5) is 2.21. The summed E-state index contributed by atoms with van der Waals surface area (Å²) >= 11 is 0. The average molecular weight is 247 g/mol. The van der Waals surface area contributed by atoms with Crippen LogP contribution in [0.1, 0.15) is 18.4 Å². The molecule has 1 saturated heterocycles. The van der Waals surface area contributed by atoms with Gasteiger partial charge in [-0.15, -0.1) is 0 Å². The lowest BCUT2D eigenvalue weighted by Gasteiger charge is -2.36. The van der Waals surface area contributed by atoms with Crippen LogP contribution >= 0.6 is 0 Å². The molecule has 0 unspecified atom stereocenters. The highest BCUT2D eigenvalue weighted by Gasteiger charge is 2.33. The zero-order valence-corrected chi connectivity index (χ0v) is 10.6. The number of hydrogen-bond acceptors (Lipinski definition) is 3. The Labute approximate surface area is 107 Å². The van der Waals surface area contributed by atoms with Gasteiger partial charge >= 0.3 is 0 Å². The molecule has 1 aromatic rings. The normalized spacial score (nSPS) is 19.4. The third-order valence-electron chi connectivity index (χ3n) is 3.63. The maximum absolute atomic E-state index is 13.5. The van der Waals surface area contributed by atoms with Crippen LogP contribution in [0.2, 0.25) is 0 Å². The molecule has 0 bridgehead atoms. The van der Waals surface area contributed by atoms with Crippen LogP contribution in [-0.2, 0) is 6.54 Å². The van der Waals surface area contributed by atoms with Crippen LogP contribution in [0.3, 0.4) is 0 Å². The number of rotatable bonds is 3. The molecule has 0 spiro atoms. The highest BCUT2D eigenvalue weighted by Crippen LogP contribution is 2.21. The molecule has 0 atom stereocenters. The molecule has 0 amide bonds. The van der Waals surface area contributed by atoms with E-state index in [0.29, 0.717) is 12.1 Å². The van der Waals surface area contributed by atoms with E-state index in [4.69, 9.17) is 0 Å². The van der Waals surface area contributed by atoms with Crippen molar-refractivity contribution in [2.24, 2.45) is 0 Å². The fourth-order valence-electron chi connectivity index (χ4n) is 2.23. The van der Waals surface area contributed by atoms with Gasteiger partial charge in [-0.3, -0.25) is 5.32 Å². The van der Waals surface area contributed by atoms with Crippen LogP contribution in [0, 0.1) is 17.1 Å². The van der Waals surface area contributed by atoms with Gasteiger partial charge in [0, 0.05) is 25.2 Å². The van der Waals surface area contributed by atoms with Crippen molar-refractivity contribution in [1.29, 1.82) is 5.26 Å². The van der Waals surface area contributed by atoms with Crippen LogP contribution < -0.4 is 5.32 Å². The molecular formula is C14H18FN3. The number of nitrogens with zero attached hydrogens (tertiary/aromatic N) is 2. The van der Waals surface area contributed by atoms with Gasteiger partial charge in [-0.1, -0.05) is 18.2 Å². The second kappa shape index (κ2) is 5.47. The van der Waals surface area contributed by atoms with Crippen LogP contribution in [0.4, 0.5) is 4.39 Å². The second-order valence-electron chi connectivity index (χ2n) is 4.94. The van der Waals surface area contributed by atoms with Gasteiger partial charge in [0.25, 0.3) is 0 Å².